The molecule has 0 aliphatic rings. The Morgan fingerprint density at radius 2 is 2.11 bits per heavy atom. The lowest BCUT2D eigenvalue weighted by Crippen LogP contribution is -2.39. The lowest BCUT2D eigenvalue weighted by Gasteiger charge is -2.13. The van der Waals surface area contributed by atoms with E-state index in [-0.39, 0.29) is 0 Å². The standard InChI is InChI=1S/C11H15N3O4/c1-14(2)13-11(17)12-8-4-3-5-9(6-8)18-7-10(15)16/h3-6H,7H2,1-2H3,(H,15,16)(H2,12,13,17). The Bertz CT molecular complexity index is 434. The summed E-state index contributed by atoms with van der Waals surface area (Å²) in [5.74, 6) is -0.682. The van der Waals surface area contributed by atoms with Crippen molar-refractivity contribution in [3.05, 3.63) is 24.3 Å². The van der Waals surface area contributed by atoms with Gasteiger partial charge in [-0.3, -0.25) is 5.43 Å². The first-order valence-electron chi connectivity index (χ1n) is 5.17. The number of carbonyl (C=O) groups excluding carboxylic acids is 1. The Morgan fingerprint density at radius 1 is 1.39 bits per heavy atom. The molecule has 3 N–H and O–H groups in total. The van der Waals surface area contributed by atoms with Gasteiger partial charge in [0.15, 0.2) is 6.61 Å². The van der Waals surface area contributed by atoms with E-state index in [9.17, 15) is 9.59 Å². The van der Waals surface area contributed by atoms with Crippen molar-refractivity contribution < 1.29 is 19.4 Å². The number of rotatable bonds is 5. The summed E-state index contributed by atoms with van der Waals surface area (Å²) in [4.78, 5) is 21.7. The highest BCUT2D eigenvalue weighted by Gasteiger charge is 2.04. The molecule has 0 unspecified atom stereocenters. The number of amides is 2. The van der Waals surface area contributed by atoms with Crippen LogP contribution in [0.1, 0.15) is 0 Å². The molecular weight excluding hydrogens is 238 g/mol. The van der Waals surface area contributed by atoms with E-state index >= 15 is 0 Å². The maximum Gasteiger partial charge on any atom is 0.341 e. The number of hydrogen-bond donors (Lipinski definition) is 3. The zero-order chi connectivity index (χ0) is 13.5. The smallest absolute Gasteiger partial charge is 0.341 e. The molecule has 7 nitrogen and oxygen atoms in total. The summed E-state index contributed by atoms with van der Waals surface area (Å²) in [5.41, 5.74) is 3.02. The Morgan fingerprint density at radius 3 is 2.72 bits per heavy atom. The summed E-state index contributed by atoms with van der Waals surface area (Å²) in [6.45, 7) is -0.423. The number of carbonyl (C=O) groups is 2. The Kier molecular flexibility index (Phi) is 4.94. The molecule has 7 heteroatoms. The van der Waals surface area contributed by atoms with Gasteiger partial charge in [0, 0.05) is 25.8 Å². The van der Waals surface area contributed by atoms with Crippen molar-refractivity contribution in [1.29, 1.82) is 0 Å². The summed E-state index contributed by atoms with van der Waals surface area (Å²) in [5, 5.41) is 12.6. The SMILES string of the molecule is CN(C)NC(=O)Nc1cccc(OCC(=O)O)c1. The number of carboxylic acids is 1. The van der Waals surface area contributed by atoms with Crippen molar-refractivity contribution >= 4 is 17.7 Å². The van der Waals surface area contributed by atoms with Gasteiger partial charge in [-0.15, -0.1) is 0 Å². The zero-order valence-corrected chi connectivity index (χ0v) is 10.1. The van der Waals surface area contributed by atoms with Gasteiger partial charge in [0.1, 0.15) is 5.75 Å². The first kappa shape index (κ1) is 13.8. The monoisotopic (exact) mass is 253 g/mol. The van der Waals surface area contributed by atoms with Crippen molar-refractivity contribution in [2.24, 2.45) is 0 Å². The second-order valence-corrected chi connectivity index (χ2v) is 3.67. The zero-order valence-electron chi connectivity index (χ0n) is 10.1. The fourth-order valence-corrected chi connectivity index (χ4v) is 1.17. The number of urea groups is 1. The van der Waals surface area contributed by atoms with Crippen molar-refractivity contribution in [3.63, 3.8) is 0 Å². The number of anilines is 1. The van der Waals surface area contributed by atoms with Crippen LogP contribution in [-0.2, 0) is 4.79 Å². The van der Waals surface area contributed by atoms with Crippen LogP contribution in [0.15, 0.2) is 24.3 Å². The second-order valence-electron chi connectivity index (χ2n) is 3.67. The molecule has 0 bridgehead atoms. The van der Waals surface area contributed by atoms with Gasteiger partial charge in [-0.05, 0) is 12.1 Å². The highest BCUT2D eigenvalue weighted by Crippen LogP contribution is 2.17. The number of benzene rings is 1. The summed E-state index contributed by atoms with van der Waals surface area (Å²) in [6.07, 6.45) is 0. The minimum absolute atomic E-state index is 0.375. The van der Waals surface area contributed by atoms with E-state index in [1.54, 1.807) is 32.3 Å². The van der Waals surface area contributed by atoms with Crippen LogP contribution in [0.3, 0.4) is 0 Å². The molecule has 18 heavy (non-hydrogen) atoms. The minimum Gasteiger partial charge on any atom is -0.482 e. The Balaban J connectivity index is 2.59. The lowest BCUT2D eigenvalue weighted by atomic mass is 10.3. The van der Waals surface area contributed by atoms with Gasteiger partial charge in [0.2, 0.25) is 0 Å². The molecule has 0 radical (unpaired) electrons. The van der Waals surface area contributed by atoms with Crippen molar-refractivity contribution in [2.45, 2.75) is 0 Å². The second kappa shape index (κ2) is 6.45. The summed E-state index contributed by atoms with van der Waals surface area (Å²) in [7, 11) is 3.37. The van der Waals surface area contributed by atoms with Crippen LogP contribution in [0, 0.1) is 0 Å². The fraction of sp³-hybridized carbons (Fsp3) is 0.273. The number of hydrogen-bond acceptors (Lipinski definition) is 4. The van der Waals surface area contributed by atoms with Crippen molar-refractivity contribution in [1.82, 2.24) is 10.4 Å². The molecule has 1 aromatic rings. The number of hydrazine groups is 1. The largest absolute Gasteiger partial charge is 0.482 e. The van der Waals surface area contributed by atoms with Gasteiger partial charge in [-0.2, -0.15) is 0 Å². The maximum absolute atomic E-state index is 11.4. The molecular formula is C11H15N3O4. The number of nitrogens with zero attached hydrogens (tertiary/aromatic N) is 1. The van der Waals surface area contributed by atoms with E-state index in [0.29, 0.717) is 11.4 Å². The molecule has 98 valence electrons. The van der Waals surface area contributed by atoms with Gasteiger partial charge in [-0.1, -0.05) is 6.07 Å². The topological polar surface area (TPSA) is 90.9 Å². The molecule has 0 saturated heterocycles. The fourth-order valence-electron chi connectivity index (χ4n) is 1.17. The first-order chi connectivity index (χ1) is 8.47. The van der Waals surface area contributed by atoms with Gasteiger partial charge >= 0.3 is 12.0 Å². The Labute approximate surface area is 104 Å². The van der Waals surface area contributed by atoms with Gasteiger partial charge in [0.25, 0.3) is 0 Å². The predicted octanol–water partition coefficient (Wildman–Crippen LogP) is 0.748. The van der Waals surface area contributed by atoms with E-state index in [1.807, 2.05) is 0 Å². The maximum atomic E-state index is 11.4. The summed E-state index contributed by atoms with van der Waals surface area (Å²) >= 11 is 0. The number of ether oxygens (including phenoxy) is 1. The van der Waals surface area contributed by atoms with Crippen LogP contribution in [0.4, 0.5) is 10.5 Å². The third kappa shape index (κ3) is 5.17. The van der Waals surface area contributed by atoms with Gasteiger partial charge in [-0.25, -0.2) is 14.6 Å². The molecule has 0 fully saturated rings. The summed E-state index contributed by atoms with van der Waals surface area (Å²) < 4.78 is 4.99. The van der Waals surface area contributed by atoms with Crippen LogP contribution in [0.5, 0.6) is 5.75 Å². The predicted molar refractivity (Wildman–Crippen MR) is 65.4 cm³/mol. The van der Waals surface area contributed by atoms with Gasteiger partial charge in [0.05, 0.1) is 0 Å². The number of carboxylic acid groups (broad SMARTS) is 1. The normalized spacial score (nSPS) is 9.94. The molecule has 0 aliphatic heterocycles. The molecule has 2 amide bonds. The lowest BCUT2D eigenvalue weighted by molar-refractivity contribution is -0.139. The van der Waals surface area contributed by atoms with E-state index in [0.717, 1.165) is 0 Å². The van der Waals surface area contributed by atoms with E-state index in [2.05, 4.69) is 10.7 Å². The van der Waals surface area contributed by atoms with Crippen molar-refractivity contribution in [2.75, 3.05) is 26.0 Å². The van der Waals surface area contributed by atoms with Crippen LogP contribution in [0.2, 0.25) is 0 Å². The number of aliphatic carboxylic acids is 1. The van der Waals surface area contributed by atoms with Crippen LogP contribution >= 0.6 is 0 Å². The molecule has 0 atom stereocenters. The highest BCUT2D eigenvalue weighted by atomic mass is 16.5. The molecule has 1 aromatic carbocycles. The van der Waals surface area contributed by atoms with E-state index in [4.69, 9.17) is 9.84 Å². The molecule has 0 heterocycles. The van der Waals surface area contributed by atoms with Gasteiger partial charge < -0.3 is 15.2 Å². The average molecular weight is 253 g/mol. The molecule has 0 spiro atoms. The third-order valence-electron chi connectivity index (χ3n) is 1.78. The number of nitrogens with one attached hydrogen (secondary N) is 2. The van der Waals surface area contributed by atoms with Crippen molar-refractivity contribution in [3.8, 4) is 5.75 Å². The molecule has 0 aromatic heterocycles. The molecule has 0 saturated carbocycles. The quantitative estimate of drug-likeness (QED) is 0.673. The molecule has 1 rings (SSSR count). The third-order valence-corrected chi connectivity index (χ3v) is 1.78. The highest BCUT2D eigenvalue weighted by molar-refractivity contribution is 5.89. The Hall–Kier alpha value is -2.28. The summed E-state index contributed by atoms with van der Waals surface area (Å²) in [6, 6.07) is 6.08. The van der Waals surface area contributed by atoms with Crippen LogP contribution < -0.4 is 15.5 Å². The molecule has 0 aliphatic carbocycles. The first-order valence-corrected chi connectivity index (χ1v) is 5.17. The average Bonchev–Trinajstić information content (AvgIpc) is 2.25. The minimum atomic E-state index is -1.06. The van der Waals surface area contributed by atoms with E-state index < -0.39 is 18.6 Å². The van der Waals surface area contributed by atoms with Crippen LogP contribution in [0.25, 0.3) is 0 Å². The van der Waals surface area contributed by atoms with Crippen LogP contribution in [-0.4, -0.2) is 42.8 Å². The van der Waals surface area contributed by atoms with E-state index in [1.165, 1.54) is 11.1 Å².